The molecule has 2 aromatic heterocycles. The van der Waals surface area contributed by atoms with Crippen LogP contribution in [-0.4, -0.2) is 15.6 Å². The van der Waals surface area contributed by atoms with Crippen LogP contribution in [0.15, 0.2) is 40.5 Å². The van der Waals surface area contributed by atoms with Gasteiger partial charge in [0.25, 0.3) is 5.56 Å². The van der Waals surface area contributed by atoms with Crippen LogP contribution in [0.25, 0.3) is 16.6 Å². The highest BCUT2D eigenvalue weighted by atomic mass is 32.1. The van der Waals surface area contributed by atoms with E-state index in [1.165, 1.54) is 6.08 Å². The minimum absolute atomic E-state index is 0.175. The number of carboxylic acids is 1. The summed E-state index contributed by atoms with van der Waals surface area (Å²) in [4.78, 5) is 23.8. The number of aromatic nitrogens is 1. The van der Waals surface area contributed by atoms with Gasteiger partial charge in [0.1, 0.15) is 0 Å². The molecule has 0 aromatic carbocycles. The van der Waals surface area contributed by atoms with Crippen LogP contribution in [0.3, 0.4) is 0 Å². The normalized spacial score (nSPS) is 11.0. The fraction of sp³-hybridized carbons (Fsp3) is 0.143. The van der Waals surface area contributed by atoms with Crippen molar-refractivity contribution in [3.05, 3.63) is 51.6 Å². The highest BCUT2D eigenvalue weighted by Crippen LogP contribution is 2.23. The first kappa shape index (κ1) is 13.3. The number of hydrogen-bond acceptors (Lipinski definition) is 3. The summed E-state index contributed by atoms with van der Waals surface area (Å²) < 4.78 is 1.65. The van der Waals surface area contributed by atoms with Gasteiger partial charge in [-0.25, -0.2) is 4.79 Å². The third-order valence-corrected chi connectivity index (χ3v) is 3.59. The number of rotatable bonds is 4. The number of thiophene rings is 1. The number of nitrogens with zero attached hydrogens (tertiary/aromatic N) is 1. The van der Waals surface area contributed by atoms with Gasteiger partial charge in [-0.2, -0.15) is 0 Å². The predicted molar refractivity (Wildman–Crippen MR) is 76.4 cm³/mol. The van der Waals surface area contributed by atoms with Gasteiger partial charge in [0.15, 0.2) is 0 Å². The molecule has 0 saturated carbocycles. The summed E-state index contributed by atoms with van der Waals surface area (Å²) in [5.41, 5.74) is 1.06. The van der Waals surface area contributed by atoms with E-state index in [2.05, 4.69) is 0 Å². The van der Waals surface area contributed by atoms with Gasteiger partial charge >= 0.3 is 5.97 Å². The maximum absolute atomic E-state index is 12.3. The fourth-order valence-electron chi connectivity index (χ4n) is 1.84. The molecule has 0 spiro atoms. The summed E-state index contributed by atoms with van der Waals surface area (Å²) in [6, 6.07) is 7.39. The molecule has 0 aliphatic heterocycles. The number of aliphatic carboxylic acids is 1. The second-order valence-corrected chi connectivity index (χ2v) is 4.82. The van der Waals surface area contributed by atoms with Crippen molar-refractivity contribution in [3.8, 4) is 10.6 Å². The van der Waals surface area contributed by atoms with Crippen molar-refractivity contribution >= 4 is 23.4 Å². The molecule has 19 heavy (non-hydrogen) atoms. The second kappa shape index (κ2) is 5.67. The minimum Gasteiger partial charge on any atom is -0.478 e. The molecule has 2 aromatic rings. The van der Waals surface area contributed by atoms with Gasteiger partial charge in [-0.15, -0.1) is 11.3 Å². The van der Waals surface area contributed by atoms with E-state index in [1.807, 2.05) is 30.5 Å². The Morgan fingerprint density at radius 1 is 1.42 bits per heavy atom. The lowest BCUT2D eigenvalue weighted by molar-refractivity contribution is -0.131. The molecule has 0 bridgehead atoms. The van der Waals surface area contributed by atoms with E-state index in [4.69, 9.17) is 5.11 Å². The largest absolute Gasteiger partial charge is 0.478 e. The lowest BCUT2D eigenvalue weighted by Crippen LogP contribution is -2.22. The van der Waals surface area contributed by atoms with Gasteiger partial charge in [0.2, 0.25) is 0 Å². The van der Waals surface area contributed by atoms with E-state index < -0.39 is 5.97 Å². The standard InChI is InChI=1S/C14H13NO3S/c1-2-15-11(12-4-3-9-19-12)7-5-10(14(15)18)6-8-13(16)17/h3-9H,2H2,1H3,(H,16,17)/b8-6+. The van der Waals surface area contributed by atoms with Crippen molar-refractivity contribution in [2.24, 2.45) is 0 Å². The number of hydrogen-bond donors (Lipinski definition) is 1. The molecule has 0 fully saturated rings. The SMILES string of the molecule is CCn1c(-c2cccs2)ccc(/C=C/C(=O)O)c1=O. The summed E-state index contributed by atoms with van der Waals surface area (Å²) in [6.07, 6.45) is 2.30. The molecular weight excluding hydrogens is 262 g/mol. The molecule has 0 radical (unpaired) electrons. The van der Waals surface area contributed by atoms with E-state index in [-0.39, 0.29) is 5.56 Å². The van der Waals surface area contributed by atoms with E-state index in [0.29, 0.717) is 12.1 Å². The lowest BCUT2D eigenvalue weighted by atomic mass is 10.2. The summed E-state index contributed by atoms with van der Waals surface area (Å²) in [5, 5.41) is 10.6. The Morgan fingerprint density at radius 3 is 2.79 bits per heavy atom. The van der Waals surface area contributed by atoms with Crippen LogP contribution in [0.4, 0.5) is 0 Å². The average Bonchev–Trinajstić information content (AvgIpc) is 2.90. The molecule has 4 nitrogen and oxygen atoms in total. The van der Waals surface area contributed by atoms with Gasteiger partial charge in [-0.1, -0.05) is 6.07 Å². The highest BCUT2D eigenvalue weighted by molar-refractivity contribution is 7.13. The van der Waals surface area contributed by atoms with E-state index >= 15 is 0 Å². The Labute approximate surface area is 114 Å². The molecule has 0 saturated heterocycles. The monoisotopic (exact) mass is 275 g/mol. The first-order valence-corrected chi connectivity index (χ1v) is 6.70. The van der Waals surface area contributed by atoms with Crippen LogP contribution in [0.1, 0.15) is 12.5 Å². The molecule has 98 valence electrons. The number of carbonyl (C=O) groups is 1. The topological polar surface area (TPSA) is 59.3 Å². The Hall–Kier alpha value is -2.14. The molecule has 5 heteroatoms. The van der Waals surface area contributed by atoms with Crippen molar-refractivity contribution in [2.75, 3.05) is 0 Å². The van der Waals surface area contributed by atoms with Gasteiger partial charge in [-0.05, 0) is 36.6 Å². The third kappa shape index (κ3) is 2.82. The van der Waals surface area contributed by atoms with Gasteiger partial charge < -0.3 is 9.67 Å². The highest BCUT2D eigenvalue weighted by Gasteiger charge is 2.08. The van der Waals surface area contributed by atoms with Gasteiger partial charge in [0.05, 0.1) is 10.6 Å². The summed E-state index contributed by atoms with van der Waals surface area (Å²) >= 11 is 1.57. The van der Waals surface area contributed by atoms with Crippen LogP contribution in [0.2, 0.25) is 0 Å². The maximum atomic E-state index is 12.3. The summed E-state index contributed by atoms with van der Waals surface area (Å²) in [6.45, 7) is 2.43. The first-order chi connectivity index (χ1) is 9.13. The average molecular weight is 275 g/mol. The predicted octanol–water partition coefficient (Wildman–Crippen LogP) is 2.69. The van der Waals surface area contributed by atoms with Crippen molar-refractivity contribution in [3.63, 3.8) is 0 Å². The number of carboxylic acid groups (broad SMARTS) is 1. The van der Waals surface area contributed by atoms with Gasteiger partial charge in [-0.3, -0.25) is 4.79 Å². The zero-order valence-corrected chi connectivity index (χ0v) is 11.2. The molecule has 0 amide bonds. The third-order valence-electron chi connectivity index (χ3n) is 2.70. The van der Waals surface area contributed by atoms with Crippen LogP contribution in [0, 0.1) is 0 Å². The van der Waals surface area contributed by atoms with Gasteiger partial charge in [0, 0.05) is 18.2 Å². The molecular formula is C14H13NO3S. The van der Waals surface area contributed by atoms with Crippen LogP contribution < -0.4 is 5.56 Å². The van der Waals surface area contributed by atoms with Crippen molar-refractivity contribution in [1.29, 1.82) is 0 Å². The molecule has 2 heterocycles. The molecule has 0 aliphatic carbocycles. The lowest BCUT2D eigenvalue weighted by Gasteiger charge is -2.10. The number of pyridine rings is 1. The molecule has 1 N–H and O–H groups in total. The molecule has 0 aliphatic rings. The zero-order chi connectivity index (χ0) is 13.8. The van der Waals surface area contributed by atoms with Crippen LogP contribution >= 0.6 is 11.3 Å². The van der Waals surface area contributed by atoms with Crippen molar-refractivity contribution < 1.29 is 9.90 Å². The molecule has 0 atom stereocenters. The van der Waals surface area contributed by atoms with E-state index in [0.717, 1.165) is 16.6 Å². The zero-order valence-electron chi connectivity index (χ0n) is 10.4. The maximum Gasteiger partial charge on any atom is 0.328 e. The van der Waals surface area contributed by atoms with E-state index in [1.54, 1.807) is 22.0 Å². The first-order valence-electron chi connectivity index (χ1n) is 5.82. The Morgan fingerprint density at radius 2 is 2.21 bits per heavy atom. The van der Waals surface area contributed by atoms with Crippen molar-refractivity contribution in [2.45, 2.75) is 13.5 Å². The quantitative estimate of drug-likeness (QED) is 0.873. The Balaban J connectivity index is 2.54. The fourth-order valence-corrected chi connectivity index (χ4v) is 2.60. The summed E-state index contributed by atoms with van der Waals surface area (Å²) in [5.74, 6) is -1.07. The van der Waals surface area contributed by atoms with Crippen LogP contribution in [-0.2, 0) is 11.3 Å². The summed E-state index contributed by atoms with van der Waals surface area (Å²) in [7, 11) is 0. The van der Waals surface area contributed by atoms with Crippen molar-refractivity contribution in [1.82, 2.24) is 4.57 Å². The minimum atomic E-state index is -1.07. The second-order valence-electron chi connectivity index (χ2n) is 3.87. The molecule has 0 unspecified atom stereocenters. The van der Waals surface area contributed by atoms with Crippen LogP contribution in [0.5, 0.6) is 0 Å². The Kier molecular flexibility index (Phi) is 3.97. The Bertz CT molecular complexity index is 668. The smallest absolute Gasteiger partial charge is 0.328 e. The molecule has 2 rings (SSSR count). The van der Waals surface area contributed by atoms with E-state index in [9.17, 15) is 9.59 Å².